The van der Waals surface area contributed by atoms with Crippen LogP contribution >= 0.6 is 0 Å². The van der Waals surface area contributed by atoms with Gasteiger partial charge in [-0.15, -0.1) is 0 Å². The topological polar surface area (TPSA) is 77.8 Å². The minimum Gasteiger partial charge on any atom is -0.394 e. The van der Waals surface area contributed by atoms with Gasteiger partial charge in [-0.1, -0.05) is 6.92 Å². The second-order valence-corrected chi connectivity index (χ2v) is 6.15. The molecule has 5 nitrogen and oxygen atoms in total. The molecule has 1 amide bonds. The van der Waals surface area contributed by atoms with E-state index in [-0.39, 0.29) is 17.4 Å². The highest BCUT2D eigenvalue weighted by Gasteiger charge is 2.22. The highest BCUT2D eigenvalue weighted by atomic mass is 32.2. The van der Waals surface area contributed by atoms with Crippen molar-refractivity contribution in [3.8, 4) is 0 Å². The van der Waals surface area contributed by atoms with E-state index in [4.69, 9.17) is 10.2 Å². The number of hydrogen-bond donors (Lipinski definition) is 2. The predicted molar refractivity (Wildman–Crippen MR) is 65.9 cm³/mol. The van der Waals surface area contributed by atoms with E-state index < -0.39 is 23.5 Å². The molecule has 6 heteroatoms. The number of rotatable bonds is 5. The molecule has 1 heterocycles. The predicted octanol–water partition coefficient (Wildman–Crippen LogP) is -0.653. The molecular weight excluding hydrogens is 242 g/mol. The number of likely N-dealkylation sites (tertiary alicyclic amines) is 1. The molecule has 2 N–H and O–H groups in total. The molecule has 0 aliphatic carbocycles. The lowest BCUT2D eigenvalue weighted by Gasteiger charge is -2.30. The van der Waals surface area contributed by atoms with Gasteiger partial charge in [0.05, 0.1) is 18.5 Å². The molecule has 0 aromatic heterocycles. The van der Waals surface area contributed by atoms with Crippen molar-refractivity contribution >= 4 is 16.7 Å². The molecule has 1 fully saturated rings. The second-order valence-electron chi connectivity index (χ2n) is 4.65. The Balaban J connectivity index is 2.31. The van der Waals surface area contributed by atoms with Gasteiger partial charge in [0.25, 0.3) is 0 Å². The minimum absolute atomic E-state index is 0.0352. The summed E-state index contributed by atoms with van der Waals surface area (Å²) in [4.78, 5) is 13.5. The van der Waals surface area contributed by atoms with E-state index in [1.165, 1.54) is 0 Å². The maximum atomic E-state index is 11.8. The number of aliphatic hydroxyl groups excluding tert-OH is 2. The molecule has 1 saturated heterocycles. The van der Waals surface area contributed by atoms with Gasteiger partial charge in [-0.2, -0.15) is 0 Å². The van der Waals surface area contributed by atoms with E-state index in [1.54, 1.807) is 4.90 Å². The lowest BCUT2D eigenvalue weighted by Crippen LogP contribution is -2.41. The molecule has 17 heavy (non-hydrogen) atoms. The van der Waals surface area contributed by atoms with Crippen LogP contribution in [0.1, 0.15) is 19.8 Å². The fourth-order valence-corrected chi connectivity index (χ4v) is 2.92. The summed E-state index contributed by atoms with van der Waals surface area (Å²) in [6.45, 7) is 3.22. The first-order chi connectivity index (χ1) is 8.02. The molecule has 1 aliphatic rings. The molecule has 0 saturated carbocycles. The van der Waals surface area contributed by atoms with Gasteiger partial charge < -0.3 is 15.1 Å². The Kier molecular flexibility index (Phi) is 6.08. The number of carbonyl (C=O) groups excluding carboxylic acids is 1. The lowest BCUT2D eigenvalue weighted by molar-refractivity contribution is -0.129. The SMILES string of the molecule is CC1CCN(C(=O)CS(=O)CC(O)CO)CC1. The molecule has 0 spiro atoms. The second kappa shape index (κ2) is 7.08. The maximum Gasteiger partial charge on any atom is 0.235 e. The Bertz CT molecular complexity index is 277. The zero-order valence-electron chi connectivity index (χ0n) is 10.2. The summed E-state index contributed by atoms with van der Waals surface area (Å²) in [5, 5.41) is 17.7. The normalized spacial score (nSPS) is 21.2. The zero-order chi connectivity index (χ0) is 12.8. The van der Waals surface area contributed by atoms with E-state index in [0.717, 1.165) is 25.9 Å². The third-order valence-electron chi connectivity index (χ3n) is 3.01. The number of piperidine rings is 1. The van der Waals surface area contributed by atoms with Crippen LogP contribution in [0.3, 0.4) is 0 Å². The third kappa shape index (κ3) is 5.14. The van der Waals surface area contributed by atoms with Crippen molar-refractivity contribution in [3.05, 3.63) is 0 Å². The Labute approximate surface area is 104 Å². The highest BCUT2D eigenvalue weighted by Crippen LogP contribution is 2.16. The number of carbonyl (C=O) groups is 1. The van der Waals surface area contributed by atoms with Gasteiger partial charge in [0.2, 0.25) is 5.91 Å². The van der Waals surface area contributed by atoms with Crippen LogP contribution in [0.25, 0.3) is 0 Å². The molecule has 1 rings (SSSR count). The van der Waals surface area contributed by atoms with Gasteiger partial charge in [0.1, 0.15) is 5.75 Å². The monoisotopic (exact) mass is 263 g/mol. The van der Waals surface area contributed by atoms with Crippen LogP contribution in [-0.2, 0) is 15.6 Å². The third-order valence-corrected chi connectivity index (χ3v) is 4.34. The molecule has 0 radical (unpaired) electrons. The standard InChI is InChI=1S/C11H21NO4S/c1-9-2-4-12(5-3-9)11(15)8-17(16)7-10(14)6-13/h9-10,13-14H,2-8H2,1H3. The summed E-state index contributed by atoms with van der Waals surface area (Å²) in [5.74, 6) is 0.457. The number of hydrogen-bond acceptors (Lipinski definition) is 4. The summed E-state index contributed by atoms with van der Waals surface area (Å²) < 4.78 is 11.5. The molecule has 2 atom stereocenters. The molecule has 0 aromatic carbocycles. The quantitative estimate of drug-likeness (QED) is 0.691. The number of nitrogens with zero attached hydrogens (tertiary/aromatic N) is 1. The molecule has 2 unspecified atom stereocenters. The molecule has 100 valence electrons. The average Bonchev–Trinajstić information content (AvgIpc) is 2.29. The van der Waals surface area contributed by atoms with Crippen molar-refractivity contribution < 1.29 is 19.2 Å². The van der Waals surface area contributed by atoms with Crippen LogP contribution in [0.5, 0.6) is 0 Å². The minimum atomic E-state index is -1.39. The van der Waals surface area contributed by atoms with Crippen LogP contribution in [0, 0.1) is 5.92 Å². The van der Waals surface area contributed by atoms with E-state index in [1.807, 2.05) is 0 Å². The molecular formula is C11H21NO4S. The van der Waals surface area contributed by atoms with Crippen LogP contribution in [0.4, 0.5) is 0 Å². The van der Waals surface area contributed by atoms with Crippen LogP contribution in [0.15, 0.2) is 0 Å². The Morgan fingerprint density at radius 1 is 1.47 bits per heavy atom. The van der Waals surface area contributed by atoms with E-state index in [2.05, 4.69) is 6.92 Å². The summed E-state index contributed by atoms with van der Waals surface area (Å²) in [5.41, 5.74) is 0. The number of amides is 1. The molecule has 0 aromatic rings. The van der Waals surface area contributed by atoms with Gasteiger partial charge in [-0.25, -0.2) is 0 Å². The van der Waals surface area contributed by atoms with Crippen molar-refractivity contribution in [2.75, 3.05) is 31.2 Å². The number of aliphatic hydroxyl groups is 2. The zero-order valence-corrected chi connectivity index (χ0v) is 11.0. The first kappa shape index (κ1) is 14.6. The fourth-order valence-electron chi connectivity index (χ4n) is 1.81. The van der Waals surface area contributed by atoms with Gasteiger partial charge in [-0.05, 0) is 18.8 Å². The van der Waals surface area contributed by atoms with Crippen molar-refractivity contribution in [2.45, 2.75) is 25.9 Å². The van der Waals surface area contributed by atoms with Crippen molar-refractivity contribution in [1.82, 2.24) is 4.90 Å². The summed E-state index contributed by atoms with van der Waals surface area (Å²) in [7, 11) is -1.39. The van der Waals surface area contributed by atoms with Gasteiger partial charge in [0.15, 0.2) is 0 Å². The van der Waals surface area contributed by atoms with Crippen molar-refractivity contribution in [3.63, 3.8) is 0 Å². The van der Waals surface area contributed by atoms with Crippen molar-refractivity contribution in [2.24, 2.45) is 5.92 Å². The smallest absolute Gasteiger partial charge is 0.235 e. The van der Waals surface area contributed by atoms with Crippen LogP contribution in [-0.4, -0.2) is 62.5 Å². The van der Waals surface area contributed by atoms with E-state index >= 15 is 0 Å². The van der Waals surface area contributed by atoms with Gasteiger partial charge in [-0.3, -0.25) is 9.00 Å². The Morgan fingerprint density at radius 2 is 2.06 bits per heavy atom. The largest absolute Gasteiger partial charge is 0.394 e. The highest BCUT2D eigenvalue weighted by molar-refractivity contribution is 7.85. The summed E-state index contributed by atoms with van der Waals surface area (Å²) in [6, 6.07) is 0. The molecule has 0 bridgehead atoms. The Morgan fingerprint density at radius 3 is 2.59 bits per heavy atom. The van der Waals surface area contributed by atoms with Crippen molar-refractivity contribution in [1.29, 1.82) is 0 Å². The van der Waals surface area contributed by atoms with Gasteiger partial charge in [0, 0.05) is 23.9 Å². The molecule has 1 aliphatic heterocycles. The van der Waals surface area contributed by atoms with E-state index in [0.29, 0.717) is 5.92 Å². The van der Waals surface area contributed by atoms with E-state index in [9.17, 15) is 9.00 Å². The lowest BCUT2D eigenvalue weighted by atomic mass is 9.99. The van der Waals surface area contributed by atoms with Crippen LogP contribution in [0.2, 0.25) is 0 Å². The maximum absolute atomic E-state index is 11.8. The Hall–Kier alpha value is -0.460. The van der Waals surface area contributed by atoms with Crippen LogP contribution < -0.4 is 0 Å². The fraction of sp³-hybridized carbons (Fsp3) is 0.909. The average molecular weight is 263 g/mol. The summed E-state index contributed by atoms with van der Waals surface area (Å²) >= 11 is 0. The summed E-state index contributed by atoms with van der Waals surface area (Å²) in [6.07, 6.45) is 1.000. The first-order valence-corrected chi connectivity index (χ1v) is 7.43. The van der Waals surface area contributed by atoms with Gasteiger partial charge >= 0.3 is 0 Å². The first-order valence-electron chi connectivity index (χ1n) is 5.94.